The zero-order valence-corrected chi connectivity index (χ0v) is 23.1. The molecule has 4 rings (SSSR count). The number of carbonyl (C=O) groups is 1. The Morgan fingerprint density at radius 3 is 2.39 bits per heavy atom. The lowest BCUT2D eigenvalue weighted by Crippen LogP contribution is -2.51. The molecule has 1 aliphatic carbocycles. The minimum atomic E-state index is -0.209. The molecule has 0 unspecified atom stereocenters. The number of hydrogen-bond acceptors (Lipinski definition) is 6. The number of nitrogens with zero attached hydrogens (tertiary/aromatic N) is 6. The summed E-state index contributed by atoms with van der Waals surface area (Å²) in [4.78, 5) is 40.4. The van der Waals surface area contributed by atoms with Crippen molar-refractivity contribution in [1.29, 1.82) is 0 Å². The van der Waals surface area contributed by atoms with Gasteiger partial charge >= 0.3 is 0 Å². The fraction of sp³-hybridized carbons (Fsp3) is 0.778. The molecule has 0 radical (unpaired) electrons. The molecule has 0 aromatic carbocycles. The smallest absolute Gasteiger partial charge is 0.278 e. The molecule has 2 fully saturated rings. The Bertz CT molecular complexity index is 1100. The number of rotatable bonds is 7. The number of H-pyrrole nitrogens is 1. The monoisotopic (exact) mass is 499 g/mol. The van der Waals surface area contributed by atoms with Crippen LogP contribution in [-0.2, 0) is 17.3 Å². The maximum Gasteiger partial charge on any atom is 0.278 e. The lowest BCUT2D eigenvalue weighted by molar-refractivity contribution is -0.136. The van der Waals surface area contributed by atoms with Crippen LogP contribution in [0.15, 0.2) is 4.79 Å². The molecule has 3 heterocycles. The van der Waals surface area contributed by atoms with Crippen LogP contribution < -0.4 is 10.5 Å². The van der Waals surface area contributed by atoms with E-state index < -0.39 is 0 Å². The van der Waals surface area contributed by atoms with E-state index in [-0.39, 0.29) is 22.8 Å². The molecule has 2 aromatic rings. The van der Waals surface area contributed by atoms with Crippen molar-refractivity contribution in [3.8, 4) is 0 Å². The van der Waals surface area contributed by atoms with Gasteiger partial charge in [0.2, 0.25) is 11.9 Å². The summed E-state index contributed by atoms with van der Waals surface area (Å²) in [5.41, 5.74) is 1.76. The van der Waals surface area contributed by atoms with Crippen LogP contribution in [0, 0.1) is 11.8 Å². The number of amides is 1. The maximum atomic E-state index is 13.2. The third kappa shape index (κ3) is 5.93. The highest BCUT2D eigenvalue weighted by Gasteiger charge is 2.28. The Hall–Kier alpha value is -2.42. The van der Waals surface area contributed by atoms with Crippen LogP contribution in [0.3, 0.4) is 0 Å². The SMILES string of the molecule is CC(C)C(=O)N1CCN(CCN(CC2CCCCC2)c2nc3c(C(C)(C)C)nn(C)c3c(=O)[nH]2)CC1. The van der Waals surface area contributed by atoms with E-state index in [4.69, 9.17) is 4.98 Å². The number of anilines is 1. The van der Waals surface area contributed by atoms with E-state index in [9.17, 15) is 9.59 Å². The number of fused-ring (bicyclic) bond motifs is 1. The first-order chi connectivity index (χ1) is 17.0. The van der Waals surface area contributed by atoms with E-state index in [1.54, 1.807) is 4.68 Å². The highest BCUT2D eigenvalue weighted by atomic mass is 16.2. The lowest BCUT2D eigenvalue weighted by atomic mass is 9.89. The van der Waals surface area contributed by atoms with Crippen molar-refractivity contribution in [2.24, 2.45) is 18.9 Å². The van der Waals surface area contributed by atoms with E-state index >= 15 is 0 Å². The Labute approximate surface area is 215 Å². The molecule has 2 aliphatic rings. The van der Waals surface area contributed by atoms with Crippen molar-refractivity contribution in [2.45, 2.75) is 72.1 Å². The molecule has 9 heteroatoms. The molecule has 2 aromatic heterocycles. The van der Waals surface area contributed by atoms with Gasteiger partial charge in [-0.3, -0.25) is 24.2 Å². The quantitative estimate of drug-likeness (QED) is 0.630. The van der Waals surface area contributed by atoms with E-state index in [2.05, 4.69) is 40.7 Å². The molecule has 0 bridgehead atoms. The minimum absolute atomic E-state index is 0.0471. The van der Waals surface area contributed by atoms with E-state index in [0.29, 0.717) is 22.9 Å². The summed E-state index contributed by atoms with van der Waals surface area (Å²) in [5.74, 6) is 1.57. The molecule has 200 valence electrons. The van der Waals surface area contributed by atoms with E-state index in [1.807, 2.05) is 25.8 Å². The number of aromatic nitrogens is 4. The van der Waals surface area contributed by atoms with Gasteiger partial charge in [-0.25, -0.2) is 4.98 Å². The first-order valence-corrected chi connectivity index (χ1v) is 13.8. The molecular formula is C27H45N7O2. The average molecular weight is 500 g/mol. The third-order valence-electron chi connectivity index (χ3n) is 7.76. The molecule has 1 amide bonds. The molecule has 1 saturated carbocycles. The van der Waals surface area contributed by atoms with Gasteiger partial charge in [-0.15, -0.1) is 0 Å². The predicted octanol–water partition coefficient (Wildman–Crippen LogP) is 3.14. The van der Waals surface area contributed by atoms with Crippen LogP contribution in [-0.4, -0.2) is 81.3 Å². The van der Waals surface area contributed by atoms with Crippen LogP contribution in [0.1, 0.15) is 72.4 Å². The van der Waals surface area contributed by atoms with Gasteiger partial charge in [-0.1, -0.05) is 53.9 Å². The number of aromatic amines is 1. The number of hydrogen-bond donors (Lipinski definition) is 1. The normalized spacial score (nSPS) is 18.4. The highest BCUT2D eigenvalue weighted by molar-refractivity contribution is 5.79. The van der Waals surface area contributed by atoms with E-state index in [1.165, 1.54) is 32.1 Å². The molecular weight excluding hydrogens is 454 g/mol. The molecule has 36 heavy (non-hydrogen) atoms. The number of piperazine rings is 1. The molecule has 0 atom stereocenters. The Balaban J connectivity index is 1.55. The zero-order chi connectivity index (χ0) is 26.0. The second-order valence-corrected chi connectivity index (χ2v) is 12.1. The van der Waals surface area contributed by atoms with E-state index in [0.717, 1.165) is 51.5 Å². The third-order valence-corrected chi connectivity index (χ3v) is 7.76. The number of carbonyl (C=O) groups excluding carboxylic acids is 1. The lowest BCUT2D eigenvalue weighted by Gasteiger charge is -2.37. The first-order valence-electron chi connectivity index (χ1n) is 13.8. The molecule has 9 nitrogen and oxygen atoms in total. The van der Waals surface area contributed by atoms with Crippen LogP contribution >= 0.6 is 0 Å². The van der Waals surface area contributed by atoms with Crippen molar-refractivity contribution in [1.82, 2.24) is 29.5 Å². The van der Waals surface area contributed by atoms with Crippen molar-refractivity contribution < 1.29 is 4.79 Å². The first kappa shape index (κ1) is 26.6. The summed E-state index contributed by atoms with van der Waals surface area (Å²) >= 11 is 0. The van der Waals surface area contributed by atoms with Gasteiger partial charge in [-0.2, -0.15) is 5.10 Å². The van der Waals surface area contributed by atoms with Gasteiger partial charge in [0.05, 0.1) is 5.69 Å². The van der Waals surface area contributed by atoms with Crippen LogP contribution in [0.2, 0.25) is 0 Å². The standard InChI is InChI=1S/C27H45N7O2/c1-19(2)25(36)33-15-12-32(13-16-33)14-17-34(18-20-10-8-7-9-11-20)26-28-21-22(24(35)29-26)31(6)30-23(21)27(3,4)5/h19-20H,7-18H2,1-6H3,(H,28,29,35). The average Bonchev–Trinajstić information content (AvgIpc) is 3.19. The molecule has 1 saturated heterocycles. The number of aryl methyl sites for hydroxylation is 1. The van der Waals surface area contributed by atoms with Crippen LogP contribution in [0.5, 0.6) is 0 Å². The molecule has 1 N–H and O–H groups in total. The van der Waals surface area contributed by atoms with Gasteiger partial charge in [0.1, 0.15) is 5.52 Å². The molecule has 0 spiro atoms. The second-order valence-electron chi connectivity index (χ2n) is 12.1. The van der Waals surface area contributed by atoms with Gasteiger partial charge in [0, 0.05) is 64.2 Å². The van der Waals surface area contributed by atoms with Gasteiger partial charge in [-0.05, 0) is 18.8 Å². The largest absolute Gasteiger partial charge is 0.341 e. The second kappa shape index (κ2) is 10.9. The topological polar surface area (TPSA) is 90.4 Å². The summed E-state index contributed by atoms with van der Waals surface area (Å²) < 4.78 is 1.66. The fourth-order valence-corrected chi connectivity index (χ4v) is 5.61. The van der Waals surface area contributed by atoms with Crippen LogP contribution in [0.25, 0.3) is 11.0 Å². The summed E-state index contributed by atoms with van der Waals surface area (Å²) in [6.45, 7) is 16.2. The van der Waals surface area contributed by atoms with Gasteiger partial charge < -0.3 is 9.80 Å². The Morgan fingerprint density at radius 1 is 1.11 bits per heavy atom. The number of nitrogens with one attached hydrogen (secondary N) is 1. The van der Waals surface area contributed by atoms with Crippen molar-refractivity contribution in [3.05, 3.63) is 16.0 Å². The zero-order valence-electron chi connectivity index (χ0n) is 23.1. The molecule has 1 aliphatic heterocycles. The Morgan fingerprint density at radius 2 is 1.78 bits per heavy atom. The Kier molecular flexibility index (Phi) is 8.07. The summed E-state index contributed by atoms with van der Waals surface area (Å²) in [7, 11) is 1.82. The maximum absolute atomic E-state index is 13.2. The van der Waals surface area contributed by atoms with Crippen molar-refractivity contribution in [2.75, 3.05) is 50.7 Å². The van der Waals surface area contributed by atoms with Crippen molar-refractivity contribution >= 4 is 22.9 Å². The summed E-state index contributed by atoms with van der Waals surface area (Å²) in [6, 6.07) is 0. The minimum Gasteiger partial charge on any atom is -0.341 e. The fourth-order valence-electron chi connectivity index (χ4n) is 5.61. The van der Waals surface area contributed by atoms with Gasteiger partial charge in [0.15, 0.2) is 5.52 Å². The highest BCUT2D eigenvalue weighted by Crippen LogP contribution is 2.29. The summed E-state index contributed by atoms with van der Waals surface area (Å²) in [6.07, 6.45) is 6.36. The van der Waals surface area contributed by atoms with Crippen LogP contribution in [0.4, 0.5) is 5.95 Å². The predicted molar refractivity (Wildman–Crippen MR) is 144 cm³/mol. The summed E-state index contributed by atoms with van der Waals surface area (Å²) in [5, 5.41) is 4.67. The van der Waals surface area contributed by atoms with Crippen molar-refractivity contribution in [3.63, 3.8) is 0 Å². The van der Waals surface area contributed by atoms with Gasteiger partial charge in [0.25, 0.3) is 5.56 Å².